The number of hydrogen-bond donors (Lipinski definition) is 0. The Bertz CT molecular complexity index is 1810. The van der Waals surface area contributed by atoms with Gasteiger partial charge in [-0.25, -0.2) is 9.97 Å². The van der Waals surface area contributed by atoms with Crippen molar-refractivity contribution < 1.29 is 27.6 Å². The van der Waals surface area contributed by atoms with E-state index in [4.69, 9.17) is 16.6 Å². The number of carbonyl (C=O) groups is 3. The number of anilines is 3. The van der Waals surface area contributed by atoms with Crippen LogP contribution in [0.25, 0.3) is 0 Å². The van der Waals surface area contributed by atoms with Gasteiger partial charge < -0.3 is 24.2 Å². The van der Waals surface area contributed by atoms with E-state index in [-0.39, 0.29) is 36.9 Å². The van der Waals surface area contributed by atoms with E-state index in [1.807, 2.05) is 34.7 Å². The first-order valence-electron chi connectivity index (χ1n) is 15.5. The number of hydrogen-bond acceptors (Lipinski definition) is 7. The molecule has 6 rings (SSSR count). The van der Waals surface area contributed by atoms with Gasteiger partial charge in [-0.15, -0.1) is 0 Å². The third-order valence-corrected chi connectivity index (χ3v) is 9.23. The average molecular weight is 685 g/mol. The summed E-state index contributed by atoms with van der Waals surface area (Å²) in [4.78, 5) is 57.9. The van der Waals surface area contributed by atoms with Gasteiger partial charge in [0, 0.05) is 63.0 Å². The zero-order valence-electron chi connectivity index (χ0n) is 27.1. The number of nitrogens with zero attached hydrogens (tertiary/aromatic N) is 8. The fourth-order valence-electron chi connectivity index (χ4n) is 6.84. The van der Waals surface area contributed by atoms with E-state index in [1.165, 1.54) is 11.8 Å². The first-order valence-corrected chi connectivity index (χ1v) is 15.9. The summed E-state index contributed by atoms with van der Waals surface area (Å²) in [5.41, 5.74) is 1.38. The molecule has 2 atom stereocenters. The molecular formula is C33H36ClF3N8O3. The highest BCUT2D eigenvalue weighted by Gasteiger charge is 2.49. The number of benzene rings is 1. The summed E-state index contributed by atoms with van der Waals surface area (Å²) in [6, 6.07) is 5.80. The van der Waals surface area contributed by atoms with E-state index >= 15 is 0 Å². The Balaban J connectivity index is 1.33. The number of para-hydroxylation sites is 1. The Labute approximate surface area is 281 Å². The topological polar surface area (TPSA) is 98.1 Å². The van der Waals surface area contributed by atoms with Crippen molar-refractivity contribution >= 4 is 46.5 Å². The van der Waals surface area contributed by atoms with Crippen molar-refractivity contribution in [3.8, 4) is 0 Å². The number of pyridine rings is 1. The summed E-state index contributed by atoms with van der Waals surface area (Å²) in [5.74, 6) is -1.16. The molecule has 0 radical (unpaired) electrons. The Morgan fingerprint density at radius 2 is 1.90 bits per heavy atom. The SMILES string of the molecule is C=C(CN(C)C)C(=O)N1CCn2cc(CN3C[C@H]4CC(=O)N(c5cc(C(F)(F)F)cc(C)n5)[C@@H]4C(=O)N(C)c4cccc(Cl)c43)nc2C1. The van der Waals surface area contributed by atoms with Gasteiger partial charge in [-0.1, -0.05) is 24.2 Å². The van der Waals surface area contributed by atoms with Crippen LogP contribution >= 0.6 is 11.6 Å². The standard InChI is InChI=1S/C33H36ClF3N8O3/c1-19(14-40(3)4)31(47)43-10-9-42-16-23(39-27(42)18-43)17-44-15-21-12-28(46)45(26-13-22(33(35,36)37)11-20(2)38-26)29(21)32(48)41(5)25-8-6-7-24(34)30(25)44/h6-8,11,13,16,21,29H,1,9-10,12,14-15,17-18H2,2-5H3/t21-,29+/m1/s1. The van der Waals surface area contributed by atoms with Crippen molar-refractivity contribution in [2.45, 2.75) is 45.2 Å². The van der Waals surface area contributed by atoms with Gasteiger partial charge in [0.1, 0.15) is 17.7 Å². The zero-order chi connectivity index (χ0) is 34.7. The number of aryl methyl sites for hydroxylation is 1. The lowest BCUT2D eigenvalue weighted by molar-refractivity contribution is -0.137. The molecule has 3 aliphatic rings. The van der Waals surface area contributed by atoms with Crippen LogP contribution in [0, 0.1) is 12.8 Å². The second-order valence-corrected chi connectivity index (χ2v) is 13.2. The minimum atomic E-state index is -4.66. The number of amides is 3. The average Bonchev–Trinajstić information content (AvgIpc) is 3.56. The number of aromatic nitrogens is 3. The number of imidazole rings is 1. The zero-order valence-corrected chi connectivity index (χ0v) is 27.8. The lowest BCUT2D eigenvalue weighted by Crippen LogP contribution is -2.52. The minimum Gasteiger partial charge on any atom is -0.362 e. The molecule has 254 valence electrons. The molecule has 3 aromatic rings. The molecule has 0 saturated carbocycles. The second kappa shape index (κ2) is 12.5. The Morgan fingerprint density at radius 1 is 1.15 bits per heavy atom. The molecule has 15 heteroatoms. The molecule has 5 heterocycles. The summed E-state index contributed by atoms with van der Waals surface area (Å²) in [6.45, 7) is 7.65. The molecule has 11 nitrogen and oxygen atoms in total. The molecule has 3 amide bonds. The molecule has 0 spiro atoms. The second-order valence-electron chi connectivity index (χ2n) is 12.8. The molecular weight excluding hydrogens is 649 g/mol. The molecule has 3 aliphatic heterocycles. The van der Waals surface area contributed by atoms with Crippen LogP contribution in [-0.2, 0) is 40.2 Å². The highest BCUT2D eigenvalue weighted by Crippen LogP contribution is 2.43. The molecule has 0 N–H and O–H groups in total. The van der Waals surface area contributed by atoms with Crippen molar-refractivity contribution in [3.63, 3.8) is 0 Å². The molecule has 48 heavy (non-hydrogen) atoms. The largest absolute Gasteiger partial charge is 0.416 e. The minimum absolute atomic E-state index is 0.0764. The Hall–Kier alpha value is -4.43. The fourth-order valence-corrected chi connectivity index (χ4v) is 7.13. The van der Waals surface area contributed by atoms with Gasteiger partial charge in [-0.2, -0.15) is 13.2 Å². The van der Waals surface area contributed by atoms with E-state index in [0.29, 0.717) is 59.7 Å². The molecule has 0 aliphatic carbocycles. The third-order valence-electron chi connectivity index (χ3n) is 8.93. The highest BCUT2D eigenvalue weighted by molar-refractivity contribution is 6.34. The maximum absolute atomic E-state index is 14.1. The van der Waals surface area contributed by atoms with E-state index in [1.54, 1.807) is 30.1 Å². The Morgan fingerprint density at radius 3 is 2.60 bits per heavy atom. The van der Waals surface area contributed by atoms with Crippen LogP contribution in [0.2, 0.25) is 5.02 Å². The number of halogens is 4. The molecule has 2 aromatic heterocycles. The summed E-state index contributed by atoms with van der Waals surface area (Å²) in [7, 11) is 5.32. The summed E-state index contributed by atoms with van der Waals surface area (Å²) in [6.07, 6.45) is -2.81. The van der Waals surface area contributed by atoms with E-state index < -0.39 is 35.5 Å². The number of carbonyl (C=O) groups excluding carboxylic acids is 3. The molecule has 1 aromatic carbocycles. The predicted molar refractivity (Wildman–Crippen MR) is 175 cm³/mol. The van der Waals surface area contributed by atoms with Gasteiger partial charge in [0.2, 0.25) is 11.8 Å². The molecule has 0 unspecified atom stereocenters. The van der Waals surface area contributed by atoms with Gasteiger partial charge in [0.05, 0.1) is 40.7 Å². The van der Waals surface area contributed by atoms with Crippen LogP contribution in [-0.4, -0.2) is 88.9 Å². The van der Waals surface area contributed by atoms with Crippen molar-refractivity contribution in [3.05, 3.63) is 76.5 Å². The van der Waals surface area contributed by atoms with Gasteiger partial charge in [0.25, 0.3) is 5.91 Å². The van der Waals surface area contributed by atoms with Crippen LogP contribution in [0.5, 0.6) is 0 Å². The fraction of sp³-hybridized carbons (Fsp3) is 0.424. The van der Waals surface area contributed by atoms with Crippen molar-refractivity contribution in [2.24, 2.45) is 5.92 Å². The van der Waals surface area contributed by atoms with E-state index in [2.05, 4.69) is 11.6 Å². The van der Waals surface area contributed by atoms with Crippen LogP contribution < -0.4 is 14.7 Å². The van der Waals surface area contributed by atoms with Crippen molar-refractivity contribution in [2.75, 3.05) is 55.5 Å². The lowest BCUT2D eigenvalue weighted by Gasteiger charge is -2.39. The maximum Gasteiger partial charge on any atom is 0.416 e. The smallest absolute Gasteiger partial charge is 0.362 e. The van der Waals surface area contributed by atoms with Crippen LogP contribution in [0.3, 0.4) is 0 Å². The van der Waals surface area contributed by atoms with Gasteiger partial charge in [-0.05, 0) is 45.3 Å². The molecule has 0 bridgehead atoms. The summed E-state index contributed by atoms with van der Waals surface area (Å²) in [5, 5.41) is 0.391. The van der Waals surface area contributed by atoms with E-state index in [9.17, 15) is 27.6 Å². The number of fused-ring (bicyclic) bond motifs is 3. The highest BCUT2D eigenvalue weighted by atomic mass is 35.5. The number of alkyl halides is 3. The number of rotatable bonds is 6. The van der Waals surface area contributed by atoms with E-state index in [0.717, 1.165) is 17.0 Å². The normalized spacial score (nSPS) is 19.7. The molecule has 1 fully saturated rings. The van der Waals surface area contributed by atoms with Crippen molar-refractivity contribution in [1.29, 1.82) is 0 Å². The van der Waals surface area contributed by atoms with Gasteiger partial charge in [-0.3, -0.25) is 19.3 Å². The summed E-state index contributed by atoms with van der Waals surface area (Å²) < 4.78 is 43.3. The van der Waals surface area contributed by atoms with Crippen molar-refractivity contribution in [1.82, 2.24) is 24.3 Å². The van der Waals surface area contributed by atoms with Crippen LogP contribution in [0.1, 0.15) is 29.2 Å². The number of likely N-dealkylation sites (N-methyl/N-ethyl adjacent to an activating group) is 2. The first kappa shape index (κ1) is 33.5. The third kappa shape index (κ3) is 6.26. The van der Waals surface area contributed by atoms with Crippen LogP contribution in [0.15, 0.2) is 48.7 Å². The molecule has 1 saturated heterocycles. The maximum atomic E-state index is 14.1. The monoisotopic (exact) mass is 684 g/mol. The van der Waals surface area contributed by atoms with Gasteiger partial charge in [0.15, 0.2) is 0 Å². The first-order chi connectivity index (χ1) is 22.6. The summed E-state index contributed by atoms with van der Waals surface area (Å²) >= 11 is 6.78. The lowest BCUT2D eigenvalue weighted by atomic mass is 9.95. The van der Waals surface area contributed by atoms with Crippen LogP contribution in [0.4, 0.5) is 30.4 Å². The van der Waals surface area contributed by atoms with Gasteiger partial charge >= 0.3 is 6.18 Å². The quantitative estimate of drug-likeness (QED) is 0.361. The Kier molecular flexibility index (Phi) is 8.75. The predicted octanol–water partition coefficient (Wildman–Crippen LogP) is 4.12.